The smallest absolute Gasteiger partial charge is 0.406 e. The minimum atomic E-state index is -4.68. The van der Waals surface area contributed by atoms with Crippen LogP contribution >= 0.6 is 24.8 Å². The van der Waals surface area contributed by atoms with E-state index >= 15 is 0 Å². The predicted molar refractivity (Wildman–Crippen MR) is 115 cm³/mol. The van der Waals surface area contributed by atoms with E-state index in [2.05, 4.69) is 47.9 Å². The van der Waals surface area contributed by atoms with Crippen molar-refractivity contribution in [2.24, 2.45) is 0 Å². The lowest BCUT2D eigenvalue weighted by molar-refractivity contribution is -0.274. The lowest BCUT2D eigenvalue weighted by Gasteiger charge is -2.37. The molecule has 0 radical (unpaired) electrons. The second-order valence-corrected chi connectivity index (χ2v) is 7.12. The number of hydrogen-bond donors (Lipinski definition) is 1. The van der Waals surface area contributed by atoms with Crippen LogP contribution in [0.2, 0.25) is 0 Å². The van der Waals surface area contributed by atoms with Crippen LogP contribution in [0.1, 0.15) is 33.9 Å². The number of nitrogens with one attached hydrogen (secondary N) is 1. The van der Waals surface area contributed by atoms with Gasteiger partial charge in [-0.05, 0) is 55.2 Å². The van der Waals surface area contributed by atoms with Gasteiger partial charge in [0.1, 0.15) is 5.75 Å². The van der Waals surface area contributed by atoms with Crippen LogP contribution in [0.3, 0.4) is 0 Å². The van der Waals surface area contributed by atoms with Gasteiger partial charge in [0.05, 0.1) is 6.04 Å². The number of aryl methyl sites for hydroxylation is 3. The molecule has 0 unspecified atom stereocenters. The molecule has 2 aromatic carbocycles. The zero-order chi connectivity index (χ0) is 19.6. The number of alkyl halides is 3. The number of ether oxygens (including phenoxy) is 1. The molecule has 29 heavy (non-hydrogen) atoms. The highest BCUT2D eigenvalue weighted by Gasteiger charge is 2.31. The van der Waals surface area contributed by atoms with Gasteiger partial charge in [0.15, 0.2) is 0 Å². The summed E-state index contributed by atoms with van der Waals surface area (Å²) in [7, 11) is 0. The first-order valence-electron chi connectivity index (χ1n) is 9.13. The molecular weight excluding hydrogens is 424 g/mol. The summed E-state index contributed by atoms with van der Waals surface area (Å²) in [6.07, 6.45) is -4.68. The van der Waals surface area contributed by atoms with Crippen molar-refractivity contribution in [1.82, 2.24) is 10.2 Å². The van der Waals surface area contributed by atoms with Crippen molar-refractivity contribution in [1.29, 1.82) is 0 Å². The normalized spacial score (nSPS) is 15.8. The van der Waals surface area contributed by atoms with Gasteiger partial charge in [-0.3, -0.25) is 4.90 Å². The maximum absolute atomic E-state index is 12.5. The molecule has 1 fully saturated rings. The molecule has 1 aliphatic rings. The minimum Gasteiger partial charge on any atom is -0.406 e. The highest BCUT2D eigenvalue weighted by Crippen LogP contribution is 2.35. The highest BCUT2D eigenvalue weighted by molar-refractivity contribution is 5.85. The van der Waals surface area contributed by atoms with Crippen molar-refractivity contribution in [3.63, 3.8) is 0 Å². The number of halogens is 5. The summed E-state index contributed by atoms with van der Waals surface area (Å²) >= 11 is 0. The fraction of sp³-hybridized carbons (Fsp3) is 0.429. The van der Waals surface area contributed by atoms with Gasteiger partial charge >= 0.3 is 6.36 Å². The summed E-state index contributed by atoms with van der Waals surface area (Å²) in [5, 5.41) is 3.36. The molecule has 3 nitrogen and oxygen atoms in total. The molecule has 2 aromatic rings. The summed E-state index contributed by atoms with van der Waals surface area (Å²) in [4.78, 5) is 2.39. The van der Waals surface area contributed by atoms with Crippen LogP contribution in [0.15, 0.2) is 36.4 Å². The molecule has 0 saturated carbocycles. The molecule has 0 bridgehead atoms. The minimum absolute atomic E-state index is 0. The Hall–Kier alpha value is -1.47. The second-order valence-electron chi connectivity index (χ2n) is 7.12. The van der Waals surface area contributed by atoms with E-state index in [4.69, 9.17) is 0 Å². The fourth-order valence-corrected chi connectivity index (χ4v) is 3.97. The van der Waals surface area contributed by atoms with E-state index in [0.717, 1.165) is 31.7 Å². The van der Waals surface area contributed by atoms with Crippen molar-refractivity contribution >= 4 is 24.8 Å². The summed E-state index contributed by atoms with van der Waals surface area (Å²) in [6, 6.07) is 10.6. The SMILES string of the molecule is Cc1cc(C)c([C@@H](c2ccc(OC(F)(F)F)cc2)N2CCNCC2)c(C)c1.Cl.Cl. The third-order valence-corrected chi connectivity index (χ3v) is 4.96. The Morgan fingerprint density at radius 1 is 0.931 bits per heavy atom. The Labute approximate surface area is 182 Å². The van der Waals surface area contributed by atoms with Crippen molar-refractivity contribution in [2.45, 2.75) is 33.2 Å². The van der Waals surface area contributed by atoms with E-state index in [-0.39, 0.29) is 36.6 Å². The quantitative estimate of drug-likeness (QED) is 0.679. The Bertz CT molecular complexity index is 768. The standard InChI is InChI=1S/C21H25F3N2O.2ClH/c1-14-12-15(2)19(16(3)13-14)20(26-10-8-25-9-11-26)17-4-6-18(7-5-17)27-21(22,23)24;;/h4-7,12-13,20,25H,8-11H2,1-3H3;2*1H/t20-;;/m1../s1. The Morgan fingerprint density at radius 3 is 1.93 bits per heavy atom. The number of rotatable bonds is 4. The van der Waals surface area contributed by atoms with Gasteiger partial charge in [-0.25, -0.2) is 0 Å². The van der Waals surface area contributed by atoms with Crippen LogP contribution in [0.5, 0.6) is 5.75 Å². The first-order chi connectivity index (χ1) is 12.7. The zero-order valence-corrected chi connectivity index (χ0v) is 18.3. The average molecular weight is 451 g/mol. The van der Waals surface area contributed by atoms with Crippen LogP contribution in [0.4, 0.5) is 13.2 Å². The second kappa shape index (κ2) is 10.5. The number of piperazine rings is 1. The molecule has 1 atom stereocenters. The van der Waals surface area contributed by atoms with E-state index < -0.39 is 6.36 Å². The lowest BCUT2D eigenvalue weighted by atomic mass is 9.88. The summed E-state index contributed by atoms with van der Waals surface area (Å²) < 4.78 is 41.4. The van der Waals surface area contributed by atoms with Gasteiger partial charge in [-0.15, -0.1) is 38.0 Å². The summed E-state index contributed by atoms with van der Waals surface area (Å²) in [5.74, 6) is -0.192. The van der Waals surface area contributed by atoms with Gasteiger partial charge in [0.25, 0.3) is 0 Å². The Balaban J connectivity index is 0.00000210. The average Bonchev–Trinajstić information content (AvgIpc) is 2.58. The third-order valence-electron chi connectivity index (χ3n) is 4.96. The van der Waals surface area contributed by atoms with E-state index in [1.54, 1.807) is 12.1 Å². The molecule has 3 rings (SSSR count). The molecule has 1 aliphatic heterocycles. The Kier molecular flexibility index (Phi) is 9.28. The first kappa shape index (κ1) is 25.6. The first-order valence-corrected chi connectivity index (χ1v) is 9.13. The molecule has 0 aromatic heterocycles. The monoisotopic (exact) mass is 450 g/mol. The molecule has 1 N–H and O–H groups in total. The van der Waals surface area contributed by atoms with Gasteiger partial charge in [0.2, 0.25) is 0 Å². The van der Waals surface area contributed by atoms with E-state index in [0.29, 0.717) is 0 Å². The maximum Gasteiger partial charge on any atom is 0.573 e. The van der Waals surface area contributed by atoms with Gasteiger partial charge in [0, 0.05) is 26.2 Å². The van der Waals surface area contributed by atoms with Crippen molar-refractivity contribution in [3.8, 4) is 5.75 Å². The van der Waals surface area contributed by atoms with Crippen molar-refractivity contribution < 1.29 is 17.9 Å². The van der Waals surface area contributed by atoms with Crippen LogP contribution in [-0.4, -0.2) is 37.4 Å². The molecule has 8 heteroatoms. The molecule has 0 amide bonds. The lowest BCUT2D eigenvalue weighted by Crippen LogP contribution is -2.45. The topological polar surface area (TPSA) is 24.5 Å². The van der Waals surface area contributed by atoms with Gasteiger partial charge in [-0.2, -0.15) is 0 Å². The van der Waals surface area contributed by atoms with Crippen LogP contribution in [-0.2, 0) is 0 Å². The van der Waals surface area contributed by atoms with Gasteiger partial charge < -0.3 is 10.1 Å². The molecule has 162 valence electrons. The maximum atomic E-state index is 12.5. The molecular formula is C21H27Cl2F3N2O. The van der Waals surface area contributed by atoms with Crippen LogP contribution in [0.25, 0.3) is 0 Å². The van der Waals surface area contributed by atoms with Crippen molar-refractivity contribution in [3.05, 3.63) is 64.2 Å². The highest BCUT2D eigenvalue weighted by atomic mass is 35.5. The van der Waals surface area contributed by atoms with Crippen molar-refractivity contribution in [2.75, 3.05) is 26.2 Å². The largest absolute Gasteiger partial charge is 0.573 e. The van der Waals surface area contributed by atoms with E-state index in [9.17, 15) is 13.2 Å². The molecule has 0 spiro atoms. The van der Waals surface area contributed by atoms with E-state index in [1.165, 1.54) is 34.4 Å². The van der Waals surface area contributed by atoms with E-state index in [1.807, 2.05) is 0 Å². The Morgan fingerprint density at radius 2 is 1.45 bits per heavy atom. The van der Waals surface area contributed by atoms with Gasteiger partial charge in [-0.1, -0.05) is 29.8 Å². The number of benzene rings is 2. The fourth-order valence-electron chi connectivity index (χ4n) is 3.97. The molecule has 0 aliphatic carbocycles. The third kappa shape index (κ3) is 6.51. The van der Waals surface area contributed by atoms with Crippen LogP contribution in [0, 0.1) is 20.8 Å². The molecule has 1 heterocycles. The number of nitrogens with zero attached hydrogens (tertiary/aromatic N) is 1. The summed E-state index contributed by atoms with van der Waals surface area (Å²) in [5.41, 5.74) is 5.81. The number of hydrogen-bond acceptors (Lipinski definition) is 3. The van der Waals surface area contributed by atoms with Crippen LogP contribution < -0.4 is 10.1 Å². The molecule has 1 saturated heterocycles. The zero-order valence-electron chi connectivity index (χ0n) is 16.7. The predicted octanol–water partition coefficient (Wildman–Crippen LogP) is 5.35. The summed E-state index contributed by atoms with van der Waals surface area (Å²) in [6.45, 7) is 9.85.